The van der Waals surface area contributed by atoms with Crippen LogP contribution in [-0.2, 0) is 0 Å². The van der Waals surface area contributed by atoms with Gasteiger partial charge < -0.3 is 9.63 Å². The molecule has 53 valence electrons. The largest absolute Gasteiger partial charge is 0.393 e. The zero-order valence-corrected chi connectivity index (χ0v) is 5.45. The van der Waals surface area contributed by atoms with Gasteiger partial charge in [-0.25, -0.2) is 0 Å². The van der Waals surface area contributed by atoms with Crippen molar-refractivity contribution in [2.24, 2.45) is 0 Å². The summed E-state index contributed by atoms with van der Waals surface area (Å²) < 4.78 is 4.87. The van der Waals surface area contributed by atoms with E-state index in [0.717, 1.165) is 18.6 Å². The Bertz CT molecular complexity index is 201. The van der Waals surface area contributed by atoms with E-state index < -0.39 is 0 Å². The van der Waals surface area contributed by atoms with Crippen molar-refractivity contribution in [3.63, 3.8) is 0 Å². The van der Waals surface area contributed by atoms with Crippen LogP contribution in [0.25, 0.3) is 0 Å². The Balaban J connectivity index is 2.04. The van der Waals surface area contributed by atoms with E-state index in [0.29, 0.717) is 5.92 Å². The molecule has 0 aliphatic heterocycles. The molecule has 10 heavy (non-hydrogen) atoms. The number of hydrogen-bond donors (Lipinski definition) is 1. The van der Waals surface area contributed by atoms with Crippen molar-refractivity contribution in [2.75, 3.05) is 0 Å². The Morgan fingerprint density at radius 1 is 1.70 bits per heavy atom. The molecule has 2 rings (SSSR count). The van der Waals surface area contributed by atoms with Crippen LogP contribution in [0.1, 0.15) is 24.5 Å². The minimum Gasteiger partial charge on any atom is -0.393 e. The molecule has 0 atom stereocenters. The minimum atomic E-state index is -0.130. The van der Waals surface area contributed by atoms with Crippen molar-refractivity contribution in [3.8, 4) is 0 Å². The molecule has 0 spiro atoms. The Morgan fingerprint density at radius 3 is 3.00 bits per heavy atom. The van der Waals surface area contributed by atoms with E-state index in [-0.39, 0.29) is 6.10 Å². The van der Waals surface area contributed by atoms with E-state index in [4.69, 9.17) is 9.63 Å². The average Bonchev–Trinajstić information content (AvgIpc) is 2.31. The third kappa shape index (κ3) is 0.827. The number of rotatable bonds is 1. The van der Waals surface area contributed by atoms with Crippen LogP contribution in [0.2, 0.25) is 0 Å². The van der Waals surface area contributed by atoms with Crippen molar-refractivity contribution in [1.82, 2.24) is 5.16 Å². The lowest BCUT2D eigenvalue weighted by atomic mass is 9.81. The second-order valence-corrected chi connectivity index (χ2v) is 2.68. The molecule has 3 nitrogen and oxygen atoms in total. The predicted molar refractivity (Wildman–Crippen MR) is 33.3 cm³/mol. The van der Waals surface area contributed by atoms with Gasteiger partial charge in [-0.2, -0.15) is 0 Å². The molecule has 1 aromatic rings. The third-order valence-electron chi connectivity index (χ3n) is 1.93. The van der Waals surface area contributed by atoms with Crippen molar-refractivity contribution in [3.05, 3.63) is 18.0 Å². The Labute approximate surface area is 58.6 Å². The number of aromatic nitrogens is 1. The highest BCUT2D eigenvalue weighted by Crippen LogP contribution is 2.36. The van der Waals surface area contributed by atoms with Crippen LogP contribution < -0.4 is 0 Å². The van der Waals surface area contributed by atoms with Gasteiger partial charge in [-0.05, 0) is 12.8 Å². The van der Waals surface area contributed by atoms with E-state index >= 15 is 0 Å². The lowest BCUT2D eigenvalue weighted by Crippen LogP contribution is -2.25. The fourth-order valence-corrected chi connectivity index (χ4v) is 1.21. The molecule has 1 aliphatic rings. The first kappa shape index (κ1) is 5.92. The van der Waals surface area contributed by atoms with E-state index in [1.165, 1.54) is 0 Å². The van der Waals surface area contributed by atoms with Crippen molar-refractivity contribution < 1.29 is 9.63 Å². The molecular weight excluding hydrogens is 130 g/mol. The molecule has 1 aromatic heterocycles. The Kier molecular flexibility index (Phi) is 1.24. The predicted octanol–water partition coefficient (Wildman–Crippen LogP) is 0.713. The summed E-state index contributed by atoms with van der Waals surface area (Å²) >= 11 is 0. The number of hydrogen-bond acceptors (Lipinski definition) is 3. The molecule has 1 N–H and O–H groups in total. The molecule has 0 bridgehead atoms. The first-order valence-corrected chi connectivity index (χ1v) is 3.37. The van der Waals surface area contributed by atoms with Gasteiger partial charge >= 0.3 is 0 Å². The molecule has 0 saturated heterocycles. The lowest BCUT2D eigenvalue weighted by molar-refractivity contribution is 0.0644. The minimum absolute atomic E-state index is 0.130. The van der Waals surface area contributed by atoms with Gasteiger partial charge in [-0.1, -0.05) is 5.16 Å². The van der Waals surface area contributed by atoms with Crippen molar-refractivity contribution >= 4 is 0 Å². The summed E-state index contributed by atoms with van der Waals surface area (Å²) in [6.45, 7) is 0. The quantitative estimate of drug-likeness (QED) is 0.621. The van der Waals surface area contributed by atoms with Gasteiger partial charge in [0.25, 0.3) is 0 Å². The number of nitrogens with zero attached hydrogens (tertiary/aromatic N) is 1. The summed E-state index contributed by atoms with van der Waals surface area (Å²) in [6, 6.07) is 1.73. The third-order valence-corrected chi connectivity index (χ3v) is 1.93. The van der Waals surface area contributed by atoms with Crippen LogP contribution in [0.15, 0.2) is 10.6 Å². The molecule has 1 aliphatic carbocycles. The standard InChI is InChI=1S/C7H8NO2/c9-6-3-5(4-6)7-1-2-8-10-7/h1,5-6,9H,3-4H2. The summed E-state index contributed by atoms with van der Waals surface area (Å²) in [5.41, 5.74) is 0. The summed E-state index contributed by atoms with van der Waals surface area (Å²) in [6.07, 6.45) is 4.08. The summed E-state index contributed by atoms with van der Waals surface area (Å²) in [5.74, 6) is 1.24. The molecule has 0 amide bonds. The lowest BCUT2D eigenvalue weighted by Gasteiger charge is -2.28. The second-order valence-electron chi connectivity index (χ2n) is 2.68. The Morgan fingerprint density at radius 2 is 2.50 bits per heavy atom. The first-order chi connectivity index (χ1) is 4.86. The molecule has 1 saturated carbocycles. The van der Waals surface area contributed by atoms with E-state index in [1.807, 2.05) is 0 Å². The number of aliphatic hydroxyl groups is 1. The van der Waals surface area contributed by atoms with Crippen LogP contribution in [0.4, 0.5) is 0 Å². The monoisotopic (exact) mass is 138 g/mol. The van der Waals surface area contributed by atoms with Gasteiger partial charge in [-0.15, -0.1) is 0 Å². The summed E-state index contributed by atoms with van der Waals surface area (Å²) in [7, 11) is 0. The first-order valence-electron chi connectivity index (χ1n) is 3.37. The SMILES string of the molecule is OC1CC(c2c[c]no2)C1. The maximum atomic E-state index is 8.94. The zero-order valence-electron chi connectivity index (χ0n) is 5.45. The van der Waals surface area contributed by atoms with Gasteiger partial charge in [0.15, 0.2) is 0 Å². The van der Waals surface area contributed by atoms with E-state index in [2.05, 4.69) is 11.4 Å². The molecule has 3 heteroatoms. The molecular formula is C7H8NO2. The second kappa shape index (κ2) is 2.09. The summed E-state index contributed by atoms with van der Waals surface area (Å²) in [5, 5.41) is 12.4. The highest BCUT2D eigenvalue weighted by molar-refractivity contribution is 5.06. The molecule has 0 aromatic carbocycles. The van der Waals surface area contributed by atoms with E-state index in [1.54, 1.807) is 6.07 Å². The molecule has 1 fully saturated rings. The summed E-state index contributed by atoms with van der Waals surface area (Å²) in [4.78, 5) is 0. The molecule has 1 heterocycles. The smallest absolute Gasteiger partial charge is 0.140 e. The molecule has 0 unspecified atom stereocenters. The zero-order chi connectivity index (χ0) is 6.97. The average molecular weight is 138 g/mol. The number of aliphatic hydroxyl groups excluding tert-OH is 1. The maximum Gasteiger partial charge on any atom is 0.140 e. The fraction of sp³-hybridized carbons (Fsp3) is 0.571. The van der Waals surface area contributed by atoms with Crippen molar-refractivity contribution in [1.29, 1.82) is 0 Å². The highest BCUT2D eigenvalue weighted by atomic mass is 16.5. The van der Waals surface area contributed by atoms with Gasteiger partial charge in [0.1, 0.15) is 12.0 Å². The highest BCUT2D eigenvalue weighted by Gasteiger charge is 2.30. The van der Waals surface area contributed by atoms with Gasteiger partial charge in [0.05, 0.1) is 6.10 Å². The van der Waals surface area contributed by atoms with Crippen LogP contribution in [0.3, 0.4) is 0 Å². The van der Waals surface area contributed by atoms with Crippen LogP contribution >= 0.6 is 0 Å². The molecule has 1 radical (unpaired) electrons. The van der Waals surface area contributed by atoms with Crippen LogP contribution in [0.5, 0.6) is 0 Å². The van der Waals surface area contributed by atoms with Crippen LogP contribution in [0, 0.1) is 6.20 Å². The van der Waals surface area contributed by atoms with E-state index in [9.17, 15) is 0 Å². The van der Waals surface area contributed by atoms with Gasteiger partial charge in [0, 0.05) is 12.0 Å². The maximum absolute atomic E-state index is 8.94. The van der Waals surface area contributed by atoms with Crippen molar-refractivity contribution in [2.45, 2.75) is 24.9 Å². The van der Waals surface area contributed by atoms with Crippen LogP contribution in [-0.4, -0.2) is 16.4 Å². The Hall–Kier alpha value is -0.830. The normalized spacial score (nSPS) is 31.7. The van der Waals surface area contributed by atoms with Gasteiger partial charge in [-0.3, -0.25) is 0 Å². The topological polar surface area (TPSA) is 46.3 Å². The fourth-order valence-electron chi connectivity index (χ4n) is 1.21. The van der Waals surface area contributed by atoms with Gasteiger partial charge in [0.2, 0.25) is 0 Å².